The van der Waals surface area contributed by atoms with Gasteiger partial charge in [0.2, 0.25) is 11.6 Å². The second-order valence-electron chi connectivity index (χ2n) is 28.2. The van der Waals surface area contributed by atoms with Crippen LogP contribution in [-0.4, -0.2) is 211 Å². The molecule has 9 aliphatic rings. The van der Waals surface area contributed by atoms with Gasteiger partial charge in [-0.1, -0.05) is 45.9 Å². The van der Waals surface area contributed by atoms with Crippen LogP contribution in [0.3, 0.4) is 0 Å². The van der Waals surface area contributed by atoms with Crippen molar-refractivity contribution in [2.75, 3.05) is 46.8 Å². The van der Waals surface area contributed by atoms with Gasteiger partial charge in [-0.25, -0.2) is 19.6 Å². The quantitative estimate of drug-likeness (QED) is 0.0380. The molecule has 2 aromatic rings. The molecule has 11 rings (SSSR count). The Kier molecular flexibility index (Phi) is 22.8. The number of hydrogen-bond donors (Lipinski definition) is 5. The number of epoxide rings is 1. The van der Waals surface area contributed by atoms with Crippen molar-refractivity contribution in [3.05, 3.63) is 108 Å². The second kappa shape index (κ2) is 30.0. The summed E-state index contributed by atoms with van der Waals surface area (Å²) in [6, 6.07) is 0. The monoisotopic (exact) mass is 1360 g/mol. The minimum Gasteiger partial charge on any atom is -0.456 e. The molecule has 1 saturated carbocycles. The molecule has 26 heteroatoms. The molecule has 0 aromatic carbocycles. The Balaban J connectivity index is 0.000000211. The van der Waals surface area contributed by atoms with Gasteiger partial charge in [-0.2, -0.15) is 0 Å². The van der Waals surface area contributed by atoms with Crippen molar-refractivity contribution in [1.29, 1.82) is 0 Å². The molecule has 3 saturated heterocycles. The fourth-order valence-corrected chi connectivity index (χ4v) is 15.3. The average molecular weight is 1360 g/mol. The Morgan fingerprint density at radius 1 is 0.680 bits per heavy atom. The lowest BCUT2D eigenvalue weighted by molar-refractivity contribution is -0.278. The van der Waals surface area contributed by atoms with Crippen molar-refractivity contribution in [2.24, 2.45) is 61.4 Å². The zero-order chi connectivity index (χ0) is 70.1. The fourth-order valence-electron chi connectivity index (χ4n) is 15.3. The molecule has 5 N–H and O–H groups in total. The number of allylic oxidation sites excluding steroid dienone is 3. The summed E-state index contributed by atoms with van der Waals surface area (Å²) in [5.41, 5.74) is 0.665. The molecule has 534 valence electrons. The molecule has 26 nitrogen and oxygen atoms in total. The van der Waals surface area contributed by atoms with Gasteiger partial charge in [-0.05, 0) is 137 Å². The van der Waals surface area contributed by atoms with Crippen LogP contribution in [0.5, 0.6) is 0 Å². The molecule has 0 spiro atoms. The average Bonchev–Trinajstić information content (AvgIpc) is 1.55. The number of nitrogens with zero attached hydrogens (tertiary/aromatic N) is 4. The molecule has 0 radical (unpaired) electrons. The van der Waals surface area contributed by atoms with Crippen LogP contribution in [0, 0.1) is 47.3 Å². The highest BCUT2D eigenvalue weighted by Crippen LogP contribution is 2.61. The molecule has 2 aliphatic carbocycles. The Labute approximate surface area is 566 Å². The largest absolute Gasteiger partial charge is 0.456 e. The van der Waals surface area contributed by atoms with Gasteiger partial charge in [0, 0.05) is 83.3 Å². The first kappa shape index (κ1) is 73.6. The third-order valence-electron chi connectivity index (χ3n) is 20.7. The van der Waals surface area contributed by atoms with E-state index in [1.807, 2.05) is 53.1 Å². The predicted molar refractivity (Wildman–Crippen MR) is 346 cm³/mol. The van der Waals surface area contributed by atoms with Gasteiger partial charge in [0.1, 0.15) is 47.8 Å². The maximum atomic E-state index is 13.3. The van der Waals surface area contributed by atoms with Gasteiger partial charge in [-0.3, -0.25) is 9.59 Å². The Bertz CT molecular complexity index is 3370. The highest BCUT2D eigenvalue weighted by atomic mass is 16.7. The van der Waals surface area contributed by atoms with E-state index in [0.717, 1.165) is 18.4 Å². The molecule has 10 unspecified atom stereocenters. The van der Waals surface area contributed by atoms with Crippen LogP contribution in [-0.2, 0) is 94.9 Å². The number of aromatic nitrogens is 4. The molecule has 0 amide bonds. The normalized spacial score (nSPS) is 40.0. The van der Waals surface area contributed by atoms with E-state index in [2.05, 4.69) is 62.8 Å². The highest BCUT2D eigenvalue weighted by Gasteiger charge is 2.67. The maximum Gasteiger partial charge on any atom is 0.331 e. The topological polar surface area (TPSA) is 328 Å². The van der Waals surface area contributed by atoms with Crippen LogP contribution in [0.15, 0.2) is 96.5 Å². The second-order valence-corrected chi connectivity index (χ2v) is 28.2. The number of ether oxygens (including phenoxy) is 13. The molecule has 2 aromatic heterocycles. The van der Waals surface area contributed by atoms with E-state index in [9.17, 15) is 44.7 Å². The van der Waals surface area contributed by atoms with Crippen LogP contribution in [0.4, 0.5) is 0 Å². The van der Waals surface area contributed by atoms with Crippen molar-refractivity contribution < 1.29 is 106 Å². The summed E-state index contributed by atoms with van der Waals surface area (Å²) >= 11 is 0. The molecule has 9 heterocycles. The Hall–Kier alpha value is -6.08. The standard InChI is InChI=1S/C36H50N2O11.C35H48N2O11/c1-7-46-36-13-12-35(5,49-36)30(48-31(42)11-9-25-16-38(6)20-37-25)15-27-23(17-39)8-10-26(21(2)3)28(27)14-24(36)18-44-34-33(47-22(4)40)32(43)29(41)19-45-34;1-19(2)23-13-28-34(5,47-28)25-14-27(46-29(40)9-8-22-15-37(6)18-36-22)33(4)10-11-35(42-7,48-33)21(12-24(23)25)16-43-32-31(45-20(3)38)30(41)26(39)17-44-32/h8-9,11-14,16,20-21,26-30,32-34,39,41,43H,7,10,15,17-19H2,1-6H3;8-12,15,18-19,23-28,30-32,39,41H,13-14,16-17H2,1-7H3/b11-9+,24-14-;9-8+,21-12-/t26-,27+,28-,29?,30+,32?,33?,34?,35+,36-;23-,24-,25-,26?,27+,28?,30?,31?,32?,33+,34?,35-/m11/s1. The molecule has 22 atom stereocenters. The van der Waals surface area contributed by atoms with Gasteiger partial charge < -0.3 is 96.2 Å². The van der Waals surface area contributed by atoms with E-state index < -0.39 is 114 Å². The first-order valence-electron chi connectivity index (χ1n) is 33.6. The number of imidazole rings is 2. The van der Waals surface area contributed by atoms with Crippen molar-refractivity contribution in [3.63, 3.8) is 0 Å². The smallest absolute Gasteiger partial charge is 0.331 e. The lowest BCUT2D eigenvalue weighted by Crippen LogP contribution is -2.55. The first-order chi connectivity index (χ1) is 46.0. The van der Waals surface area contributed by atoms with E-state index in [-0.39, 0.29) is 87.2 Å². The van der Waals surface area contributed by atoms with Crippen molar-refractivity contribution in [3.8, 4) is 0 Å². The number of fused-ring (bicyclic) bond motifs is 8. The van der Waals surface area contributed by atoms with Gasteiger partial charge in [0.25, 0.3) is 0 Å². The molecule has 97 heavy (non-hydrogen) atoms. The number of aryl methyl sites for hydroxylation is 2. The molecular formula is C71H98N4O22. The van der Waals surface area contributed by atoms with E-state index >= 15 is 0 Å². The highest BCUT2D eigenvalue weighted by molar-refractivity contribution is 5.87. The first-order valence-corrected chi connectivity index (χ1v) is 33.6. The van der Waals surface area contributed by atoms with Crippen LogP contribution in [0.1, 0.15) is 106 Å². The van der Waals surface area contributed by atoms with Crippen molar-refractivity contribution >= 4 is 36.0 Å². The zero-order valence-corrected chi connectivity index (χ0v) is 57.7. The fraction of sp³-hybridized carbons (Fsp3) is 0.662. The summed E-state index contributed by atoms with van der Waals surface area (Å²) in [4.78, 5) is 58.9. The summed E-state index contributed by atoms with van der Waals surface area (Å²) in [5.74, 6) is -4.72. The van der Waals surface area contributed by atoms with Gasteiger partial charge in [-0.15, -0.1) is 0 Å². The molecule has 4 fully saturated rings. The number of aliphatic hydroxyl groups excluding tert-OH is 5. The minimum atomic E-state index is -1.43. The number of methoxy groups -OCH3 is 1. The minimum absolute atomic E-state index is 0.0338. The van der Waals surface area contributed by atoms with E-state index in [0.29, 0.717) is 41.3 Å². The third kappa shape index (κ3) is 15.9. The summed E-state index contributed by atoms with van der Waals surface area (Å²) in [6.45, 7) is 18.3. The zero-order valence-electron chi connectivity index (χ0n) is 57.7. The van der Waals surface area contributed by atoms with E-state index in [4.69, 9.17) is 61.6 Å². The summed E-state index contributed by atoms with van der Waals surface area (Å²) < 4.78 is 83.1. The SMILES string of the molecule is CCO[C@]12C=C[C@](C)(O1)[C@@H](OC(=O)/C=C/c1cn(C)cn1)C[C@H]1C(CO)=CC[C@H](C(C)C)[C@H]1/C=C\2COC1OCC(O)C(O)C1OC(C)=O.CO[C@]12C=C[C@](C)(O1)[C@@H](OC(=O)/C=C/c1cn(C)cn1)C[C@@H]1[C@H](/C=C\2COC2OCC(O)C(O)C2OC(C)=O)[C@@H](C(C)C)CC2OC21C. The number of esters is 4. The van der Waals surface area contributed by atoms with Crippen LogP contribution < -0.4 is 0 Å². The Morgan fingerprint density at radius 2 is 1.18 bits per heavy atom. The van der Waals surface area contributed by atoms with Crippen LogP contribution >= 0.6 is 0 Å². The lowest BCUT2D eigenvalue weighted by Gasteiger charge is -2.42. The number of aliphatic hydroxyl groups is 5. The number of rotatable bonds is 20. The van der Waals surface area contributed by atoms with Gasteiger partial charge >= 0.3 is 23.9 Å². The van der Waals surface area contributed by atoms with Crippen molar-refractivity contribution in [2.45, 2.75) is 191 Å². The third-order valence-corrected chi connectivity index (χ3v) is 20.7. The summed E-state index contributed by atoms with van der Waals surface area (Å²) in [7, 11) is 5.23. The number of carbonyl (C=O) groups excluding carboxylic acids is 4. The molecular weight excluding hydrogens is 1260 g/mol. The van der Waals surface area contributed by atoms with E-state index in [1.165, 1.54) is 33.1 Å². The van der Waals surface area contributed by atoms with Gasteiger partial charge in [0.05, 0.1) is 68.8 Å². The van der Waals surface area contributed by atoms with Crippen LogP contribution in [0.2, 0.25) is 0 Å². The number of hydrogen-bond acceptors (Lipinski definition) is 24. The van der Waals surface area contributed by atoms with Crippen LogP contribution in [0.25, 0.3) is 12.2 Å². The number of carbonyl (C=O) groups is 4. The van der Waals surface area contributed by atoms with E-state index in [1.54, 1.807) is 52.4 Å². The maximum absolute atomic E-state index is 13.3. The summed E-state index contributed by atoms with van der Waals surface area (Å²) in [5, 5.41) is 52.3. The molecule has 7 aliphatic heterocycles. The lowest BCUT2D eigenvalue weighted by atomic mass is 9.61. The molecule has 4 bridgehead atoms. The van der Waals surface area contributed by atoms with Gasteiger partial charge in [0.15, 0.2) is 24.8 Å². The Morgan fingerprint density at radius 3 is 1.65 bits per heavy atom. The predicted octanol–water partition coefficient (Wildman–Crippen LogP) is 5.06. The summed E-state index contributed by atoms with van der Waals surface area (Å²) in [6.07, 6.45) is 17.3. The van der Waals surface area contributed by atoms with Crippen molar-refractivity contribution in [1.82, 2.24) is 19.1 Å².